The maximum Gasteiger partial charge on any atom is 0.231 e. The van der Waals surface area contributed by atoms with Crippen LogP contribution < -0.4 is 14.8 Å². The van der Waals surface area contributed by atoms with Gasteiger partial charge in [-0.1, -0.05) is 6.07 Å². The molecular weight excluding hydrogens is 537 g/mol. The van der Waals surface area contributed by atoms with Crippen LogP contribution in [-0.2, 0) is 19.6 Å². The highest BCUT2D eigenvalue weighted by Gasteiger charge is 2.36. The Kier molecular flexibility index (Phi) is 10.3. The molecule has 0 radical (unpaired) electrons. The summed E-state index contributed by atoms with van der Waals surface area (Å²) in [5.74, 6) is 3.18. The van der Waals surface area contributed by atoms with Crippen LogP contribution in [0.15, 0.2) is 23.2 Å². The van der Waals surface area contributed by atoms with Crippen molar-refractivity contribution in [3.05, 3.63) is 23.8 Å². The fraction of sp³-hybridized carbons (Fsp3) is 0.708. The van der Waals surface area contributed by atoms with E-state index in [1.54, 1.807) is 7.11 Å². The molecule has 3 aliphatic heterocycles. The Hall–Kier alpha value is -1.30. The number of benzene rings is 1. The van der Waals surface area contributed by atoms with Gasteiger partial charge in [-0.3, -0.25) is 4.99 Å². The number of rotatable bonds is 9. The zero-order chi connectivity index (χ0) is 22.2. The van der Waals surface area contributed by atoms with E-state index >= 15 is 0 Å². The maximum atomic E-state index is 5.76. The number of nitrogens with zero attached hydrogens (tertiary/aromatic N) is 2. The predicted octanol–water partition coefficient (Wildman–Crippen LogP) is 3.03. The first-order valence-corrected chi connectivity index (χ1v) is 11.8. The van der Waals surface area contributed by atoms with Crippen LogP contribution in [0, 0.1) is 5.92 Å². The van der Waals surface area contributed by atoms with E-state index in [4.69, 9.17) is 28.7 Å². The molecule has 0 bridgehead atoms. The number of hydrogen-bond donors (Lipinski definition) is 1. The Morgan fingerprint density at radius 1 is 1.21 bits per heavy atom. The average Bonchev–Trinajstić information content (AvgIpc) is 3.49. The van der Waals surface area contributed by atoms with Gasteiger partial charge in [0.2, 0.25) is 6.79 Å². The predicted molar refractivity (Wildman–Crippen MR) is 138 cm³/mol. The van der Waals surface area contributed by atoms with Crippen LogP contribution in [-0.4, -0.2) is 84.0 Å². The second-order valence-corrected chi connectivity index (χ2v) is 8.80. The molecule has 2 saturated heterocycles. The van der Waals surface area contributed by atoms with Crippen LogP contribution >= 0.6 is 24.0 Å². The summed E-state index contributed by atoms with van der Waals surface area (Å²) in [5, 5.41) is 3.51. The number of nitrogens with one attached hydrogen (secondary N) is 1. The van der Waals surface area contributed by atoms with Gasteiger partial charge in [-0.25, -0.2) is 0 Å². The molecule has 4 rings (SSSR count). The number of ether oxygens (including phenoxy) is 5. The van der Waals surface area contributed by atoms with Gasteiger partial charge < -0.3 is 33.9 Å². The molecule has 33 heavy (non-hydrogen) atoms. The zero-order valence-electron chi connectivity index (χ0n) is 19.8. The van der Waals surface area contributed by atoms with Crippen LogP contribution in [0.4, 0.5) is 0 Å². The minimum Gasteiger partial charge on any atom is -0.454 e. The van der Waals surface area contributed by atoms with Crippen LogP contribution in [0.5, 0.6) is 11.5 Å². The van der Waals surface area contributed by atoms with Crippen molar-refractivity contribution in [2.24, 2.45) is 10.9 Å². The van der Waals surface area contributed by atoms with Crippen LogP contribution in [0.3, 0.4) is 0 Å². The third-order valence-electron chi connectivity index (χ3n) is 6.67. The number of guanidine groups is 1. The quantitative estimate of drug-likeness (QED) is 0.210. The van der Waals surface area contributed by atoms with E-state index in [-0.39, 0.29) is 29.4 Å². The lowest BCUT2D eigenvalue weighted by Gasteiger charge is -2.37. The number of fused-ring (bicyclic) bond motifs is 1. The Balaban J connectivity index is 0.00000306. The molecule has 1 aromatic rings. The molecule has 186 valence electrons. The lowest BCUT2D eigenvalue weighted by molar-refractivity contribution is 0.0526. The van der Waals surface area contributed by atoms with Crippen LogP contribution in [0.1, 0.15) is 31.7 Å². The SMILES string of the molecule is CCNC(=NCC1(c2ccc3c(c2)OCO3)CCOCC1)N1CCC(COCCOC)C1.I. The van der Waals surface area contributed by atoms with E-state index in [2.05, 4.69) is 29.3 Å². The standard InChI is InChI=1S/C24H37N3O5.HI/c1-3-25-23(27-9-6-19(15-27)16-30-13-12-28-2)26-17-24(7-10-29-11-8-24)20-4-5-21-22(14-20)32-18-31-21;/h4-5,14,19H,3,6-13,15-18H2,1-2H3,(H,25,26);1H. The van der Waals surface area contributed by atoms with Gasteiger partial charge in [-0.15, -0.1) is 24.0 Å². The normalized spacial score (nSPS) is 21.7. The van der Waals surface area contributed by atoms with Gasteiger partial charge >= 0.3 is 0 Å². The largest absolute Gasteiger partial charge is 0.454 e. The molecule has 0 saturated carbocycles. The van der Waals surface area contributed by atoms with Gasteiger partial charge in [-0.05, 0) is 43.9 Å². The molecule has 0 amide bonds. The fourth-order valence-corrected chi connectivity index (χ4v) is 4.73. The number of aliphatic imine (C=N–C) groups is 1. The van der Waals surface area contributed by atoms with E-state index in [1.165, 1.54) is 5.56 Å². The summed E-state index contributed by atoms with van der Waals surface area (Å²) in [5.41, 5.74) is 1.21. The monoisotopic (exact) mass is 575 g/mol. The van der Waals surface area contributed by atoms with Gasteiger partial charge in [0.15, 0.2) is 17.5 Å². The van der Waals surface area contributed by atoms with E-state index in [0.717, 1.165) is 82.7 Å². The maximum absolute atomic E-state index is 5.76. The highest BCUT2D eigenvalue weighted by atomic mass is 127. The first kappa shape index (κ1) is 26.3. The molecule has 2 fully saturated rings. The summed E-state index contributed by atoms with van der Waals surface area (Å²) in [6, 6.07) is 6.34. The first-order chi connectivity index (χ1) is 15.7. The summed E-state index contributed by atoms with van der Waals surface area (Å²) in [7, 11) is 1.70. The second-order valence-electron chi connectivity index (χ2n) is 8.80. The van der Waals surface area contributed by atoms with Crippen LogP contribution in [0.25, 0.3) is 0 Å². The third-order valence-corrected chi connectivity index (χ3v) is 6.67. The van der Waals surface area contributed by atoms with E-state index in [1.807, 2.05) is 6.07 Å². The Morgan fingerprint density at radius 2 is 2.03 bits per heavy atom. The molecule has 1 unspecified atom stereocenters. The van der Waals surface area contributed by atoms with Crippen molar-refractivity contribution in [3.8, 4) is 11.5 Å². The molecule has 3 aliphatic rings. The highest BCUT2D eigenvalue weighted by molar-refractivity contribution is 14.0. The summed E-state index contributed by atoms with van der Waals surface area (Å²) in [6.45, 7) is 9.56. The van der Waals surface area contributed by atoms with Gasteiger partial charge in [0, 0.05) is 51.3 Å². The van der Waals surface area contributed by atoms with Crippen molar-refractivity contribution in [1.82, 2.24) is 10.2 Å². The molecule has 9 heteroatoms. The van der Waals surface area contributed by atoms with Crippen molar-refractivity contribution in [2.45, 2.75) is 31.6 Å². The molecule has 1 N–H and O–H groups in total. The average molecular weight is 575 g/mol. The third kappa shape index (κ3) is 6.64. The van der Waals surface area contributed by atoms with Gasteiger partial charge in [0.25, 0.3) is 0 Å². The first-order valence-electron chi connectivity index (χ1n) is 11.8. The molecule has 3 heterocycles. The second kappa shape index (κ2) is 13.0. The minimum absolute atomic E-state index is 0. The molecule has 1 atom stereocenters. The summed E-state index contributed by atoms with van der Waals surface area (Å²) < 4.78 is 27.7. The van der Waals surface area contributed by atoms with Gasteiger partial charge in [0.1, 0.15) is 0 Å². The topological polar surface area (TPSA) is 73.8 Å². The van der Waals surface area contributed by atoms with Crippen LogP contribution in [0.2, 0.25) is 0 Å². The number of hydrogen-bond acceptors (Lipinski definition) is 6. The van der Waals surface area contributed by atoms with E-state index in [0.29, 0.717) is 25.9 Å². The molecule has 8 nitrogen and oxygen atoms in total. The van der Waals surface area contributed by atoms with E-state index in [9.17, 15) is 0 Å². The smallest absolute Gasteiger partial charge is 0.231 e. The Bertz CT molecular complexity index is 772. The summed E-state index contributed by atoms with van der Waals surface area (Å²) in [6.07, 6.45) is 3.02. The van der Waals surface area contributed by atoms with Crippen molar-refractivity contribution < 1.29 is 23.7 Å². The molecular formula is C24H38IN3O5. The lowest BCUT2D eigenvalue weighted by atomic mass is 9.74. The number of halogens is 1. The zero-order valence-corrected chi connectivity index (χ0v) is 22.2. The molecule has 0 aromatic heterocycles. The van der Waals surface area contributed by atoms with E-state index < -0.39 is 0 Å². The van der Waals surface area contributed by atoms with Crippen molar-refractivity contribution in [1.29, 1.82) is 0 Å². The molecule has 0 spiro atoms. The fourth-order valence-electron chi connectivity index (χ4n) is 4.73. The van der Waals surface area contributed by atoms with Crippen molar-refractivity contribution >= 4 is 29.9 Å². The number of likely N-dealkylation sites (tertiary alicyclic amines) is 1. The number of methoxy groups -OCH3 is 1. The lowest BCUT2D eigenvalue weighted by Crippen LogP contribution is -2.43. The van der Waals surface area contributed by atoms with Gasteiger partial charge in [-0.2, -0.15) is 0 Å². The molecule has 1 aromatic carbocycles. The van der Waals surface area contributed by atoms with Crippen molar-refractivity contribution in [2.75, 3.05) is 73.1 Å². The highest BCUT2D eigenvalue weighted by Crippen LogP contribution is 2.41. The molecule has 0 aliphatic carbocycles. The Morgan fingerprint density at radius 3 is 2.82 bits per heavy atom. The summed E-state index contributed by atoms with van der Waals surface area (Å²) >= 11 is 0. The summed E-state index contributed by atoms with van der Waals surface area (Å²) in [4.78, 5) is 7.52. The Labute approximate surface area is 214 Å². The van der Waals surface area contributed by atoms with Crippen molar-refractivity contribution in [3.63, 3.8) is 0 Å². The van der Waals surface area contributed by atoms with Gasteiger partial charge in [0.05, 0.1) is 26.4 Å². The minimum atomic E-state index is -0.0533.